The first-order valence-electron chi connectivity index (χ1n) is 10.4. The van der Waals surface area contributed by atoms with Crippen LogP contribution in [0.3, 0.4) is 0 Å². The van der Waals surface area contributed by atoms with Crippen molar-refractivity contribution >= 4 is 35.1 Å². The third kappa shape index (κ3) is 6.53. The molecule has 4 rings (SSSR count). The summed E-state index contributed by atoms with van der Waals surface area (Å²) in [6.45, 7) is 6.07. The van der Waals surface area contributed by atoms with Crippen LogP contribution < -0.4 is 4.90 Å². The summed E-state index contributed by atoms with van der Waals surface area (Å²) in [6, 6.07) is 16.3. The molecule has 0 radical (unpaired) electrons. The minimum Gasteiger partial charge on any atom is -0.473 e. The Morgan fingerprint density at radius 3 is 2.16 bits per heavy atom. The number of aliphatic carboxylic acids is 2. The van der Waals surface area contributed by atoms with Gasteiger partial charge in [-0.1, -0.05) is 41.9 Å². The SMILES string of the molecule is O=C(CN1CCN(Cc2cccc(Cl)c2)CC1)N1CCc2ccccc21.O=C(O)C(=O)O. The van der Waals surface area contributed by atoms with Gasteiger partial charge in [0.25, 0.3) is 0 Å². The fourth-order valence-electron chi connectivity index (χ4n) is 3.87. The molecule has 2 N–H and O–H groups in total. The summed E-state index contributed by atoms with van der Waals surface area (Å²) < 4.78 is 0. The molecule has 0 saturated carbocycles. The van der Waals surface area contributed by atoms with E-state index in [-0.39, 0.29) is 5.91 Å². The summed E-state index contributed by atoms with van der Waals surface area (Å²) in [7, 11) is 0. The van der Waals surface area contributed by atoms with E-state index in [4.69, 9.17) is 31.4 Å². The fraction of sp³-hybridized carbons (Fsp3) is 0.348. The maximum absolute atomic E-state index is 12.7. The predicted molar refractivity (Wildman–Crippen MR) is 121 cm³/mol. The van der Waals surface area contributed by atoms with Crippen molar-refractivity contribution < 1.29 is 24.6 Å². The molecule has 1 amide bonds. The normalized spacial score (nSPS) is 16.1. The zero-order chi connectivity index (χ0) is 23.1. The average Bonchev–Trinajstić information content (AvgIpc) is 3.20. The molecule has 2 aliphatic rings. The lowest BCUT2D eigenvalue weighted by molar-refractivity contribution is -0.159. The molecule has 0 aromatic heterocycles. The smallest absolute Gasteiger partial charge is 0.414 e. The lowest BCUT2D eigenvalue weighted by Crippen LogP contribution is -2.49. The third-order valence-electron chi connectivity index (χ3n) is 5.49. The van der Waals surface area contributed by atoms with Gasteiger partial charge in [0, 0.05) is 50.0 Å². The number of carbonyl (C=O) groups excluding carboxylic acids is 1. The molecule has 2 heterocycles. The van der Waals surface area contributed by atoms with Crippen LogP contribution in [-0.2, 0) is 27.3 Å². The summed E-state index contributed by atoms with van der Waals surface area (Å²) >= 11 is 6.07. The zero-order valence-corrected chi connectivity index (χ0v) is 18.4. The van der Waals surface area contributed by atoms with Crippen LogP contribution in [0.1, 0.15) is 11.1 Å². The molecule has 2 aliphatic heterocycles. The number of rotatable bonds is 4. The molecule has 1 fully saturated rings. The maximum Gasteiger partial charge on any atom is 0.414 e. The number of carboxylic acid groups (broad SMARTS) is 2. The number of amides is 1. The van der Waals surface area contributed by atoms with Crippen LogP contribution in [0.2, 0.25) is 5.02 Å². The zero-order valence-electron chi connectivity index (χ0n) is 17.6. The summed E-state index contributed by atoms with van der Waals surface area (Å²) in [5, 5.41) is 15.6. The van der Waals surface area contributed by atoms with Crippen LogP contribution in [0.5, 0.6) is 0 Å². The summed E-state index contributed by atoms with van der Waals surface area (Å²) in [5.74, 6) is -3.43. The average molecular weight is 460 g/mol. The number of hydrogen-bond donors (Lipinski definition) is 2. The van der Waals surface area contributed by atoms with Crippen LogP contribution in [0, 0.1) is 0 Å². The number of carbonyl (C=O) groups is 3. The van der Waals surface area contributed by atoms with E-state index in [0.29, 0.717) is 6.54 Å². The number of anilines is 1. The van der Waals surface area contributed by atoms with E-state index in [0.717, 1.165) is 56.4 Å². The first kappa shape index (κ1) is 23.7. The van der Waals surface area contributed by atoms with Gasteiger partial charge >= 0.3 is 11.9 Å². The molecule has 0 spiro atoms. The molecule has 170 valence electrons. The molecular weight excluding hydrogens is 434 g/mol. The van der Waals surface area contributed by atoms with Gasteiger partial charge in [0.1, 0.15) is 0 Å². The molecule has 1 saturated heterocycles. The number of carboxylic acids is 2. The van der Waals surface area contributed by atoms with Gasteiger partial charge in [-0.05, 0) is 35.7 Å². The number of para-hydroxylation sites is 1. The highest BCUT2D eigenvalue weighted by atomic mass is 35.5. The molecule has 0 atom stereocenters. The van der Waals surface area contributed by atoms with Crippen molar-refractivity contribution in [3.63, 3.8) is 0 Å². The Kier molecular flexibility index (Phi) is 8.21. The van der Waals surface area contributed by atoms with E-state index in [1.54, 1.807) is 0 Å². The van der Waals surface area contributed by atoms with Gasteiger partial charge in [0.2, 0.25) is 5.91 Å². The van der Waals surface area contributed by atoms with Crippen molar-refractivity contribution in [2.24, 2.45) is 0 Å². The predicted octanol–water partition coefficient (Wildman–Crippen LogP) is 2.20. The van der Waals surface area contributed by atoms with E-state index in [1.165, 1.54) is 11.1 Å². The Balaban J connectivity index is 0.000000427. The van der Waals surface area contributed by atoms with Crippen LogP contribution in [0.25, 0.3) is 0 Å². The fourth-order valence-corrected chi connectivity index (χ4v) is 4.09. The molecule has 0 bridgehead atoms. The molecule has 2 aromatic rings. The topological polar surface area (TPSA) is 101 Å². The highest BCUT2D eigenvalue weighted by Crippen LogP contribution is 2.27. The number of nitrogens with zero attached hydrogens (tertiary/aromatic N) is 3. The second-order valence-corrected chi connectivity index (χ2v) is 8.15. The van der Waals surface area contributed by atoms with Crippen LogP contribution in [0.15, 0.2) is 48.5 Å². The van der Waals surface area contributed by atoms with Crippen LogP contribution >= 0.6 is 11.6 Å². The van der Waals surface area contributed by atoms with E-state index in [1.807, 2.05) is 35.2 Å². The quantitative estimate of drug-likeness (QED) is 0.676. The molecule has 8 nitrogen and oxygen atoms in total. The first-order valence-corrected chi connectivity index (χ1v) is 10.7. The standard InChI is InChI=1S/C21H24ClN3O.C2H2O4/c22-19-6-3-4-17(14-19)15-23-10-12-24(13-11-23)16-21(26)25-9-8-18-5-1-2-7-20(18)25;3-1(4)2(5)6/h1-7,14H,8-13,15-16H2;(H,3,4)(H,5,6). The maximum atomic E-state index is 12.7. The van der Waals surface area contributed by atoms with Crippen molar-refractivity contribution in [3.8, 4) is 0 Å². The van der Waals surface area contributed by atoms with Gasteiger partial charge in [0.15, 0.2) is 0 Å². The Morgan fingerprint density at radius 2 is 1.50 bits per heavy atom. The van der Waals surface area contributed by atoms with E-state index >= 15 is 0 Å². The minimum absolute atomic E-state index is 0.221. The Morgan fingerprint density at radius 1 is 0.844 bits per heavy atom. The molecule has 2 aromatic carbocycles. The van der Waals surface area contributed by atoms with Crippen molar-refractivity contribution in [1.29, 1.82) is 0 Å². The summed E-state index contributed by atoms with van der Waals surface area (Å²) in [6.07, 6.45) is 0.968. The van der Waals surface area contributed by atoms with Crippen molar-refractivity contribution in [1.82, 2.24) is 9.80 Å². The number of benzene rings is 2. The number of fused-ring (bicyclic) bond motifs is 1. The Bertz CT molecular complexity index is 964. The van der Waals surface area contributed by atoms with E-state index < -0.39 is 11.9 Å². The molecule has 9 heteroatoms. The van der Waals surface area contributed by atoms with E-state index in [2.05, 4.69) is 28.0 Å². The van der Waals surface area contributed by atoms with Gasteiger partial charge in [-0.2, -0.15) is 0 Å². The van der Waals surface area contributed by atoms with Crippen LogP contribution in [0.4, 0.5) is 5.69 Å². The van der Waals surface area contributed by atoms with Crippen molar-refractivity contribution in [2.75, 3.05) is 44.2 Å². The largest absolute Gasteiger partial charge is 0.473 e. The number of halogens is 1. The van der Waals surface area contributed by atoms with Gasteiger partial charge in [-0.3, -0.25) is 14.6 Å². The second kappa shape index (κ2) is 11.1. The molecular formula is C23H26ClN3O5. The summed E-state index contributed by atoms with van der Waals surface area (Å²) in [5.41, 5.74) is 3.62. The van der Waals surface area contributed by atoms with Crippen molar-refractivity contribution in [3.05, 3.63) is 64.7 Å². The monoisotopic (exact) mass is 459 g/mol. The highest BCUT2D eigenvalue weighted by Gasteiger charge is 2.26. The lowest BCUT2D eigenvalue weighted by atomic mass is 10.2. The van der Waals surface area contributed by atoms with E-state index in [9.17, 15) is 4.79 Å². The minimum atomic E-state index is -1.82. The highest BCUT2D eigenvalue weighted by molar-refractivity contribution is 6.30. The molecule has 32 heavy (non-hydrogen) atoms. The Hall–Kier alpha value is -2.94. The number of piperazine rings is 1. The van der Waals surface area contributed by atoms with Gasteiger partial charge in [0.05, 0.1) is 6.54 Å². The number of hydrogen-bond acceptors (Lipinski definition) is 5. The third-order valence-corrected chi connectivity index (χ3v) is 5.73. The van der Waals surface area contributed by atoms with Gasteiger partial charge in [-0.15, -0.1) is 0 Å². The lowest BCUT2D eigenvalue weighted by Gasteiger charge is -2.35. The molecule has 0 aliphatic carbocycles. The van der Waals surface area contributed by atoms with Crippen molar-refractivity contribution in [2.45, 2.75) is 13.0 Å². The van der Waals surface area contributed by atoms with Gasteiger partial charge in [-0.25, -0.2) is 9.59 Å². The summed E-state index contributed by atoms with van der Waals surface area (Å²) in [4.78, 5) is 37.6. The Labute approximate surface area is 191 Å². The second-order valence-electron chi connectivity index (χ2n) is 7.72. The van der Waals surface area contributed by atoms with Crippen LogP contribution in [-0.4, -0.2) is 77.1 Å². The van der Waals surface area contributed by atoms with Gasteiger partial charge < -0.3 is 15.1 Å². The first-order chi connectivity index (χ1) is 15.3. The molecule has 0 unspecified atom stereocenters.